The summed E-state index contributed by atoms with van der Waals surface area (Å²) in [6.07, 6.45) is 9.32. The molecule has 0 radical (unpaired) electrons. The SMILES string of the molecule is Fc1cccc(CCCc2ccc(Cc3c[nH]c4ncccc34)cn2)c1. The first-order valence-electron chi connectivity index (χ1n) is 8.87. The van der Waals surface area contributed by atoms with E-state index in [0.717, 1.165) is 48.0 Å². The number of pyridine rings is 2. The monoisotopic (exact) mass is 345 g/mol. The van der Waals surface area contributed by atoms with Crippen molar-refractivity contribution >= 4 is 11.0 Å². The number of aromatic nitrogens is 3. The molecule has 0 fully saturated rings. The van der Waals surface area contributed by atoms with E-state index in [9.17, 15) is 4.39 Å². The van der Waals surface area contributed by atoms with Gasteiger partial charge in [0.05, 0.1) is 0 Å². The average Bonchev–Trinajstić information content (AvgIpc) is 3.06. The quantitative estimate of drug-likeness (QED) is 0.542. The zero-order chi connectivity index (χ0) is 17.8. The highest BCUT2D eigenvalue weighted by molar-refractivity contribution is 5.79. The fourth-order valence-corrected chi connectivity index (χ4v) is 3.25. The number of halogens is 1. The third kappa shape index (κ3) is 3.80. The largest absolute Gasteiger partial charge is 0.346 e. The molecule has 4 aromatic rings. The summed E-state index contributed by atoms with van der Waals surface area (Å²) in [5.74, 6) is -0.169. The van der Waals surface area contributed by atoms with Crippen molar-refractivity contribution in [1.29, 1.82) is 0 Å². The summed E-state index contributed by atoms with van der Waals surface area (Å²) in [6, 6.07) is 15.1. The molecule has 26 heavy (non-hydrogen) atoms. The lowest BCUT2D eigenvalue weighted by atomic mass is 10.0. The summed E-state index contributed by atoms with van der Waals surface area (Å²) in [7, 11) is 0. The third-order valence-corrected chi connectivity index (χ3v) is 4.60. The molecule has 3 nitrogen and oxygen atoms in total. The Bertz CT molecular complexity index is 1010. The van der Waals surface area contributed by atoms with Crippen molar-refractivity contribution in [1.82, 2.24) is 15.0 Å². The number of aryl methyl sites for hydroxylation is 2. The number of hydrogen-bond donors (Lipinski definition) is 1. The van der Waals surface area contributed by atoms with Gasteiger partial charge in [0.15, 0.2) is 0 Å². The number of H-pyrrole nitrogens is 1. The van der Waals surface area contributed by atoms with Gasteiger partial charge in [0, 0.05) is 36.1 Å². The fourth-order valence-electron chi connectivity index (χ4n) is 3.25. The molecule has 0 bridgehead atoms. The zero-order valence-electron chi connectivity index (χ0n) is 14.5. The maximum atomic E-state index is 13.2. The first kappa shape index (κ1) is 16.5. The van der Waals surface area contributed by atoms with Crippen LogP contribution in [0.5, 0.6) is 0 Å². The number of fused-ring (bicyclic) bond motifs is 1. The van der Waals surface area contributed by atoms with Gasteiger partial charge in [-0.1, -0.05) is 18.2 Å². The van der Waals surface area contributed by atoms with Crippen molar-refractivity contribution in [2.45, 2.75) is 25.7 Å². The molecular weight excluding hydrogens is 325 g/mol. The van der Waals surface area contributed by atoms with Crippen LogP contribution in [0.4, 0.5) is 4.39 Å². The normalized spacial score (nSPS) is 11.1. The van der Waals surface area contributed by atoms with Crippen molar-refractivity contribution in [2.75, 3.05) is 0 Å². The summed E-state index contributed by atoms with van der Waals surface area (Å²) in [5.41, 5.74) is 5.45. The van der Waals surface area contributed by atoms with Gasteiger partial charge in [0.1, 0.15) is 11.5 Å². The standard InChI is InChI=1S/C22H20FN3/c23-19-6-1-4-16(13-19)5-2-7-20-10-9-17(14-25-20)12-18-15-26-22-21(18)8-3-11-24-22/h1,3-4,6,8-11,13-15H,2,5,7,12H2,(H,24,26). The summed E-state index contributed by atoms with van der Waals surface area (Å²) in [4.78, 5) is 12.1. The minimum absolute atomic E-state index is 0.169. The predicted molar refractivity (Wildman–Crippen MR) is 102 cm³/mol. The lowest BCUT2D eigenvalue weighted by Gasteiger charge is -2.04. The van der Waals surface area contributed by atoms with Crippen LogP contribution in [0.15, 0.2) is 67.1 Å². The topological polar surface area (TPSA) is 41.6 Å². The van der Waals surface area contributed by atoms with Crippen LogP contribution in [0.1, 0.15) is 28.8 Å². The number of rotatable bonds is 6. The number of aromatic amines is 1. The summed E-state index contributed by atoms with van der Waals surface area (Å²) in [6.45, 7) is 0. The van der Waals surface area contributed by atoms with Gasteiger partial charge in [0.25, 0.3) is 0 Å². The molecule has 0 aliphatic heterocycles. The van der Waals surface area contributed by atoms with Crippen molar-refractivity contribution in [3.63, 3.8) is 0 Å². The summed E-state index contributed by atoms with van der Waals surface area (Å²) >= 11 is 0. The Kier molecular flexibility index (Phi) is 4.73. The third-order valence-electron chi connectivity index (χ3n) is 4.60. The Balaban J connectivity index is 1.36. The molecule has 4 heteroatoms. The van der Waals surface area contributed by atoms with E-state index in [-0.39, 0.29) is 5.82 Å². The molecule has 0 saturated heterocycles. The van der Waals surface area contributed by atoms with Gasteiger partial charge in [-0.25, -0.2) is 9.37 Å². The summed E-state index contributed by atoms with van der Waals surface area (Å²) < 4.78 is 13.2. The Morgan fingerprint density at radius 3 is 2.73 bits per heavy atom. The van der Waals surface area contributed by atoms with E-state index in [2.05, 4.69) is 33.2 Å². The van der Waals surface area contributed by atoms with Crippen molar-refractivity contribution < 1.29 is 4.39 Å². The Morgan fingerprint density at radius 1 is 0.923 bits per heavy atom. The second-order valence-electron chi connectivity index (χ2n) is 6.53. The van der Waals surface area contributed by atoms with Gasteiger partial charge in [-0.2, -0.15) is 0 Å². The second-order valence-corrected chi connectivity index (χ2v) is 6.53. The molecule has 0 unspecified atom stereocenters. The molecule has 0 atom stereocenters. The van der Waals surface area contributed by atoms with Crippen LogP contribution in [-0.2, 0) is 19.3 Å². The van der Waals surface area contributed by atoms with Gasteiger partial charge >= 0.3 is 0 Å². The van der Waals surface area contributed by atoms with Gasteiger partial charge < -0.3 is 4.98 Å². The Hall–Kier alpha value is -3.01. The average molecular weight is 345 g/mol. The Labute approximate surface area is 152 Å². The molecule has 0 saturated carbocycles. The molecule has 0 aliphatic carbocycles. The molecular formula is C22H20FN3. The fraction of sp³-hybridized carbons (Fsp3) is 0.182. The van der Waals surface area contributed by atoms with Crippen LogP contribution < -0.4 is 0 Å². The van der Waals surface area contributed by atoms with Crippen molar-refractivity contribution in [3.8, 4) is 0 Å². The second kappa shape index (κ2) is 7.48. The van der Waals surface area contributed by atoms with Crippen LogP contribution in [0.3, 0.4) is 0 Å². The van der Waals surface area contributed by atoms with Crippen LogP contribution in [0.25, 0.3) is 11.0 Å². The van der Waals surface area contributed by atoms with Crippen molar-refractivity contribution in [3.05, 3.63) is 95.3 Å². The van der Waals surface area contributed by atoms with Crippen LogP contribution in [0.2, 0.25) is 0 Å². The maximum Gasteiger partial charge on any atom is 0.137 e. The molecule has 3 heterocycles. The number of benzene rings is 1. The number of nitrogens with one attached hydrogen (secondary N) is 1. The molecule has 3 aromatic heterocycles. The van der Waals surface area contributed by atoms with E-state index < -0.39 is 0 Å². The molecule has 0 spiro atoms. The highest BCUT2D eigenvalue weighted by Crippen LogP contribution is 2.19. The smallest absolute Gasteiger partial charge is 0.137 e. The Morgan fingerprint density at radius 2 is 1.88 bits per heavy atom. The summed E-state index contributed by atoms with van der Waals surface area (Å²) in [5, 5.41) is 1.16. The van der Waals surface area contributed by atoms with Crippen LogP contribution in [-0.4, -0.2) is 15.0 Å². The van der Waals surface area contributed by atoms with Crippen molar-refractivity contribution in [2.24, 2.45) is 0 Å². The zero-order valence-corrected chi connectivity index (χ0v) is 14.5. The van der Waals surface area contributed by atoms with Crippen LogP contribution in [0, 0.1) is 5.82 Å². The highest BCUT2D eigenvalue weighted by atomic mass is 19.1. The molecule has 1 N–H and O–H groups in total. The number of hydrogen-bond acceptors (Lipinski definition) is 2. The lowest BCUT2D eigenvalue weighted by molar-refractivity contribution is 0.624. The molecule has 4 rings (SSSR count). The van der Waals surface area contributed by atoms with Gasteiger partial charge in [-0.15, -0.1) is 0 Å². The van der Waals surface area contributed by atoms with E-state index in [1.807, 2.05) is 24.5 Å². The highest BCUT2D eigenvalue weighted by Gasteiger charge is 2.05. The van der Waals surface area contributed by atoms with Gasteiger partial charge in [-0.05, 0) is 66.3 Å². The first-order valence-corrected chi connectivity index (χ1v) is 8.87. The van der Waals surface area contributed by atoms with E-state index in [1.54, 1.807) is 18.3 Å². The maximum absolute atomic E-state index is 13.2. The van der Waals surface area contributed by atoms with E-state index in [0.29, 0.717) is 0 Å². The van der Waals surface area contributed by atoms with Gasteiger partial charge in [0.2, 0.25) is 0 Å². The minimum Gasteiger partial charge on any atom is -0.346 e. The first-order chi connectivity index (χ1) is 12.8. The van der Waals surface area contributed by atoms with E-state index in [4.69, 9.17) is 0 Å². The van der Waals surface area contributed by atoms with E-state index >= 15 is 0 Å². The molecule has 0 amide bonds. The van der Waals surface area contributed by atoms with E-state index in [1.165, 1.54) is 17.2 Å². The molecule has 1 aromatic carbocycles. The number of nitrogens with zero attached hydrogens (tertiary/aromatic N) is 2. The molecule has 130 valence electrons. The van der Waals surface area contributed by atoms with Crippen LogP contribution >= 0.6 is 0 Å². The minimum atomic E-state index is -0.169. The molecule has 0 aliphatic rings. The lowest BCUT2D eigenvalue weighted by Crippen LogP contribution is -1.95. The predicted octanol–water partition coefficient (Wildman–Crippen LogP) is 4.86. The van der Waals surface area contributed by atoms with Gasteiger partial charge in [-0.3, -0.25) is 4.98 Å².